The van der Waals surface area contributed by atoms with Crippen molar-refractivity contribution in [2.75, 3.05) is 42.9 Å². The SMILES string of the molecule is O=C(C[NH+]1CCCC1)Nc1ccc(N2CCCCCC2)cc1. The van der Waals surface area contributed by atoms with E-state index in [9.17, 15) is 4.79 Å². The third kappa shape index (κ3) is 4.23. The molecule has 2 saturated heterocycles. The van der Waals surface area contributed by atoms with E-state index in [0.29, 0.717) is 6.54 Å². The molecule has 0 unspecified atom stereocenters. The quantitative estimate of drug-likeness (QED) is 0.888. The number of nitrogens with one attached hydrogen (secondary N) is 2. The van der Waals surface area contributed by atoms with Gasteiger partial charge in [0.15, 0.2) is 6.54 Å². The fourth-order valence-corrected chi connectivity index (χ4v) is 3.57. The van der Waals surface area contributed by atoms with Crippen LogP contribution in [0.25, 0.3) is 0 Å². The van der Waals surface area contributed by atoms with Gasteiger partial charge in [0.1, 0.15) is 0 Å². The van der Waals surface area contributed by atoms with Gasteiger partial charge in [-0.25, -0.2) is 0 Å². The van der Waals surface area contributed by atoms with E-state index in [2.05, 4.69) is 22.3 Å². The summed E-state index contributed by atoms with van der Waals surface area (Å²) in [5.74, 6) is 0.138. The van der Waals surface area contributed by atoms with Gasteiger partial charge in [-0.1, -0.05) is 12.8 Å². The van der Waals surface area contributed by atoms with Gasteiger partial charge in [0.25, 0.3) is 5.91 Å². The summed E-state index contributed by atoms with van der Waals surface area (Å²) in [5, 5.41) is 3.03. The molecule has 0 aromatic heterocycles. The van der Waals surface area contributed by atoms with Crippen molar-refractivity contribution in [3.63, 3.8) is 0 Å². The van der Waals surface area contributed by atoms with Gasteiger partial charge in [-0.2, -0.15) is 0 Å². The van der Waals surface area contributed by atoms with E-state index in [-0.39, 0.29) is 5.91 Å². The van der Waals surface area contributed by atoms with Crippen molar-refractivity contribution in [2.45, 2.75) is 38.5 Å². The van der Waals surface area contributed by atoms with E-state index < -0.39 is 0 Å². The second-order valence-electron chi connectivity index (χ2n) is 6.63. The van der Waals surface area contributed by atoms with Gasteiger partial charge in [-0.3, -0.25) is 4.79 Å². The van der Waals surface area contributed by atoms with E-state index in [0.717, 1.165) is 31.9 Å². The zero-order valence-electron chi connectivity index (χ0n) is 13.4. The predicted molar refractivity (Wildman–Crippen MR) is 90.6 cm³/mol. The first-order valence-electron chi connectivity index (χ1n) is 8.80. The number of amides is 1. The van der Waals surface area contributed by atoms with Crippen molar-refractivity contribution >= 4 is 17.3 Å². The second-order valence-corrected chi connectivity index (χ2v) is 6.63. The minimum atomic E-state index is 0.138. The van der Waals surface area contributed by atoms with Crippen LogP contribution >= 0.6 is 0 Å². The average molecular weight is 302 g/mol. The number of rotatable bonds is 4. The van der Waals surface area contributed by atoms with Crippen LogP contribution in [0.15, 0.2) is 24.3 Å². The lowest BCUT2D eigenvalue weighted by molar-refractivity contribution is -0.878. The van der Waals surface area contributed by atoms with E-state index in [4.69, 9.17) is 0 Å². The number of anilines is 2. The maximum atomic E-state index is 12.1. The number of nitrogens with zero attached hydrogens (tertiary/aromatic N) is 1. The summed E-state index contributed by atoms with van der Waals surface area (Å²) < 4.78 is 0. The Hall–Kier alpha value is -1.55. The van der Waals surface area contributed by atoms with Crippen LogP contribution in [0.5, 0.6) is 0 Å². The molecule has 1 amide bonds. The van der Waals surface area contributed by atoms with Crippen molar-refractivity contribution in [3.8, 4) is 0 Å². The van der Waals surface area contributed by atoms with Crippen molar-refractivity contribution < 1.29 is 9.69 Å². The minimum absolute atomic E-state index is 0.138. The highest BCUT2D eigenvalue weighted by Gasteiger charge is 2.18. The monoisotopic (exact) mass is 302 g/mol. The lowest BCUT2D eigenvalue weighted by Gasteiger charge is -2.22. The second kappa shape index (κ2) is 7.63. The van der Waals surface area contributed by atoms with Crippen molar-refractivity contribution in [2.24, 2.45) is 0 Å². The minimum Gasteiger partial charge on any atom is -0.372 e. The number of hydrogen-bond acceptors (Lipinski definition) is 2. The van der Waals surface area contributed by atoms with E-state index in [1.54, 1.807) is 0 Å². The zero-order chi connectivity index (χ0) is 15.2. The topological polar surface area (TPSA) is 36.8 Å². The Morgan fingerprint density at radius 2 is 1.59 bits per heavy atom. The van der Waals surface area contributed by atoms with Gasteiger partial charge >= 0.3 is 0 Å². The summed E-state index contributed by atoms with van der Waals surface area (Å²) in [7, 11) is 0. The van der Waals surface area contributed by atoms with E-state index in [1.807, 2.05) is 12.1 Å². The molecular weight excluding hydrogens is 274 g/mol. The lowest BCUT2D eigenvalue weighted by atomic mass is 10.2. The van der Waals surface area contributed by atoms with Crippen LogP contribution in [0.4, 0.5) is 11.4 Å². The van der Waals surface area contributed by atoms with Crippen molar-refractivity contribution in [3.05, 3.63) is 24.3 Å². The lowest BCUT2D eigenvalue weighted by Crippen LogP contribution is -3.11. The van der Waals surface area contributed by atoms with Crippen LogP contribution in [0.1, 0.15) is 38.5 Å². The molecule has 4 heteroatoms. The molecule has 3 rings (SSSR count). The van der Waals surface area contributed by atoms with Gasteiger partial charge in [-0.15, -0.1) is 0 Å². The fourth-order valence-electron chi connectivity index (χ4n) is 3.57. The molecule has 0 radical (unpaired) electrons. The summed E-state index contributed by atoms with van der Waals surface area (Å²) in [6.07, 6.45) is 7.79. The first kappa shape index (κ1) is 15.3. The van der Waals surface area contributed by atoms with Gasteiger partial charge in [-0.05, 0) is 37.1 Å². The molecular formula is C18H28N3O+. The zero-order valence-corrected chi connectivity index (χ0v) is 13.4. The van der Waals surface area contributed by atoms with Crippen LogP contribution < -0.4 is 15.1 Å². The maximum absolute atomic E-state index is 12.1. The predicted octanol–water partition coefficient (Wildman–Crippen LogP) is 1.68. The summed E-state index contributed by atoms with van der Waals surface area (Å²) in [4.78, 5) is 15.9. The molecule has 0 saturated carbocycles. The van der Waals surface area contributed by atoms with Crippen LogP contribution in [0.3, 0.4) is 0 Å². The summed E-state index contributed by atoms with van der Waals surface area (Å²) in [5.41, 5.74) is 2.20. The van der Waals surface area contributed by atoms with Crippen LogP contribution in [-0.4, -0.2) is 38.6 Å². The molecule has 2 N–H and O–H groups in total. The average Bonchev–Trinajstić information content (AvgIpc) is 2.87. The van der Waals surface area contributed by atoms with Gasteiger partial charge in [0, 0.05) is 37.3 Å². The number of benzene rings is 1. The van der Waals surface area contributed by atoms with Crippen molar-refractivity contribution in [1.82, 2.24) is 0 Å². The van der Waals surface area contributed by atoms with Gasteiger partial charge < -0.3 is 15.1 Å². The van der Waals surface area contributed by atoms with E-state index >= 15 is 0 Å². The molecule has 22 heavy (non-hydrogen) atoms. The third-order valence-corrected chi connectivity index (χ3v) is 4.84. The molecule has 0 spiro atoms. The standard InChI is InChI=1S/C18H27N3O/c22-18(15-20-11-5-6-12-20)19-16-7-9-17(10-8-16)21-13-3-1-2-4-14-21/h7-10H,1-6,11-15H2,(H,19,22)/p+1. The molecule has 0 aliphatic carbocycles. The highest BCUT2D eigenvalue weighted by atomic mass is 16.2. The molecule has 2 aliphatic rings. The maximum Gasteiger partial charge on any atom is 0.279 e. The largest absolute Gasteiger partial charge is 0.372 e. The summed E-state index contributed by atoms with van der Waals surface area (Å²) in [6, 6.07) is 8.36. The number of likely N-dealkylation sites (tertiary alicyclic amines) is 1. The highest BCUT2D eigenvalue weighted by molar-refractivity contribution is 5.91. The third-order valence-electron chi connectivity index (χ3n) is 4.84. The van der Waals surface area contributed by atoms with Gasteiger partial charge in [0.05, 0.1) is 13.1 Å². The highest BCUT2D eigenvalue weighted by Crippen LogP contribution is 2.21. The first-order valence-corrected chi connectivity index (χ1v) is 8.80. The van der Waals surface area contributed by atoms with Crippen molar-refractivity contribution in [1.29, 1.82) is 0 Å². The summed E-state index contributed by atoms with van der Waals surface area (Å²) >= 11 is 0. The molecule has 1 aromatic carbocycles. The molecule has 2 heterocycles. The molecule has 120 valence electrons. The smallest absolute Gasteiger partial charge is 0.279 e. The van der Waals surface area contributed by atoms with Crippen LogP contribution in [0.2, 0.25) is 0 Å². The molecule has 2 aliphatic heterocycles. The Labute approximate surface area is 133 Å². The fraction of sp³-hybridized carbons (Fsp3) is 0.611. The molecule has 0 atom stereocenters. The van der Waals surface area contributed by atoms with Gasteiger partial charge in [0.2, 0.25) is 0 Å². The number of quaternary nitrogens is 1. The molecule has 0 bridgehead atoms. The normalized spacial score (nSPS) is 19.9. The number of hydrogen-bond donors (Lipinski definition) is 2. The molecule has 1 aromatic rings. The van der Waals surface area contributed by atoms with Crippen LogP contribution in [-0.2, 0) is 4.79 Å². The molecule has 4 nitrogen and oxygen atoms in total. The Morgan fingerprint density at radius 3 is 2.23 bits per heavy atom. The molecule has 2 fully saturated rings. The Bertz CT molecular complexity index is 472. The number of carbonyl (C=O) groups excluding carboxylic acids is 1. The van der Waals surface area contributed by atoms with E-state index in [1.165, 1.54) is 49.1 Å². The Balaban J connectivity index is 1.53. The Morgan fingerprint density at radius 1 is 0.955 bits per heavy atom. The number of carbonyl (C=O) groups is 1. The van der Waals surface area contributed by atoms with Crippen LogP contribution in [0, 0.1) is 0 Å². The Kier molecular flexibility index (Phi) is 5.33. The summed E-state index contributed by atoms with van der Waals surface area (Å²) in [6.45, 7) is 5.20. The first-order chi connectivity index (χ1) is 10.8.